The minimum absolute atomic E-state index is 0.0327. The van der Waals surface area contributed by atoms with Gasteiger partial charge in [0.15, 0.2) is 5.82 Å². The summed E-state index contributed by atoms with van der Waals surface area (Å²) in [5.74, 6) is 3.27. The van der Waals surface area contributed by atoms with Gasteiger partial charge in [-0.2, -0.15) is 10.2 Å². The highest BCUT2D eigenvalue weighted by Crippen LogP contribution is 2.38. The number of aromatic nitrogens is 6. The van der Waals surface area contributed by atoms with Gasteiger partial charge in [-0.3, -0.25) is 9.59 Å². The number of nitrogens with zero attached hydrogens (tertiary/aromatic N) is 7. The fourth-order valence-corrected chi connectivity index (χ4v) is 3.44. The molecule has 11 heteroatoms. The first kappa shape index (κ1) is 22.9. The Hall–Kier alpha value is -2.82. The van der Waals surface area contributed by atoms with Crippen LogP contribution in [-0.2, 0) is 29.1 Å². The Morgan fingerprint density at radius 3 is 2.45 bits per heavy atom. The van der Waals surface area contributed by atoms with Crippen molar-refractivity contribution < 1.29 is 14.7 Å². The number of rotatable bonds is 5. The second-order valence-corrected chi connectivity index (χ2v) is 8.48. The van der Waals surface area contributed by atoms with Gasteiger partial charge in [-0.1, -0.05) is 13.8 Å². The SMILES string of the molecule is CC(=O)O.Cc1nc([C@@H](N)C(C)C)n(CC(=O)N2CCc3nc(C4CC4)nn3CC2)n1. The predicted octanol–water partition coefficient (Wildman–Crippen LogP) is 0.887. The van der Waals surface area contributed by atoms with Crippen molar-refractivity contribution in [2.75, 3.05) is 13.1 Å². The number of carbonyl (C=O) groups excluding carboxylic acids is 1. The molecule has 1 fully saturated rings. The van der Waals surface area contributed by atoms with Gasteiger partial charge in [0.1, 0.15) is 24.0 Å². The zero-order valence-electron chi connectivity index (χ0n) is 18.7. The Morgan fingerprint density at radius 1 is 1.16 bits per heavy atom. The maximum absolute atomic E-state index is 12.9. The maximum atomic E-state index is 12.9. The fraction of sp³-hybridized carbons (Fsp3) is 0.700. The lowest BCUT2D eigenvalue weighted by atomic mass is 10.1. The molecule has 0 radical (unpaired) electrons. The van der Waals surface area contributed by atoms with E-state index in [1.807, 2.05) is 30.4 Å². The molecule has 0 spiro atoms. The summed E-state index contributed by atoms with van der Waals surface area (Å²) in [6.45, 7) is 9.14. The molecule has 1 aliphatic heterocycles. The average Bonchev–Trinajstić information content (AvgIpc) is 3.41. The van der Waals surface area contributed by atoms with Gasteiger partial charge in [0.25, 0.3) is 5.97 Å². The molecular formula is C20H32N8O3. The van der Waals surface area contributed by atoms with Crippen molar-refractivity contribution in [3.63, 3.8) is 0 Å². The van der Waals surface area contributed by atoms with Crippen molar-refractivity contribution in [1.82, 2.24) is 34.4 Å². The normalized spacial score (nSPS) is 16.9. The standard InChI is InChI=1S/C18H28N8O.C2H4O2/c1-11(2)16(19)18-20-12(3)22-26(18)10-15(27)24-7-6-14-21-17(13-4-5-13)23-25(14)9-8-24;1-2(3)4/h11,13,16H,4-10,19H2,1-3H3;1H3,(H,3,4)/t16-;/m0./s1. The number of carboxylic acid groups (broad SMARTS) is 1. The van der Waals surface area contributed by atoms with Crippen LogP contribution in [0.15, 0.2) is 0 Å². The zero-order chi connectivity index (χ0) is 22.7. The molecule has 2 aliphatic rings. The summed E-state index contributed by atoms with van der Waals surface area (Å²) in [6.07, 6.45) is 3.14. The van der Waals surface area contributed by atoms with Crippen LogP contribution in [0.1, 0.15) is 68.9 Å². The number of aliphatic carboxylic acids is 1. The molecule has 3 heterocycles. The molecule has 170 valence electrons. The summed E-state index contributed by atoms with van der Waals surface area (Å²) in [6, 6.07) is -0.238. The van der Waals surface area contributed by atoms with E-state index in [9.17, 15) is 4.79 Å². The van der Waals surface area contributed by atoms with Crippen molar-refractivity contribution >= 4 is 11.9 Å². The summed E-state index contributed by atoms with van der Waals surface area (Å²) in [5, 5.41) is 16.4. The summed E-state index contributed by atoms with van der Waals surface area (Å²) in [7, 11) is 0. The molecular weight excluding hydrogens is 400 g/mol. The molecule has 1 saturated carbocycles. The van der Waals surface area contributed by atoms with Crippen LogP contribution in [0.3, 0.4) is 0 Å². The van der Waals surface area contributed by atoms with E-state index in [0.29, 0.717) is 37.2 Å². The minimum atomic E-state index is -0.833. The van der Waals surface area contributed by atoms with E-state index in [2.05, 4.69) is 20.2 Å². The molecule has 2 aromatic rings. The van der Waals surface area contributed by atoms with E-state index in [-0.39, 0.29) is 24.4 Å². The van der Waals surface area contributed by atoms with Crippen molar-refractivity contribution in [3.05, 3.63) is 23.3 Å². The van der Waals surface area contributed by atoms with Gasteiger partial charge in [0.2, 0.25) is 5.91 Å². The maximum Gasteiger partial charge on any atom is 0.300 e. The van der Waals surface area contributed by atoms with E-state index >= 15 is 0 Å². The van der Waals surface area contributed by atoms with Gasteiger partial charge in [0.05, 0.1) is 12.6 Å². The average molecular weight is 433 g/mol. The molecule has 0 aromatic carbocycles. The zero-order valence-corrected chi connectivity index (χ0v) is 18.7. The lowest BCUT2D eigenvalue weighted by Crippen LogP contribution is -2.37. The van der Waals surface area contributed by atoms with Crippen LogP contribution in [0.4, 0.5) is 0 Å². The number of amides is 1. The first-order chi connectivity index (χ1) is 14.7. The van der Waals surface area contributed by atoms with Gasteiger partial charge in [-0.05, 0) is 25.7 Å². The van der Waals surface area contributed by atoms with Crippen LogP contribution in [-0.4, -0.2) is 64.5 Å². The third kappa shape index (κ3) is 5.87. The summed E-state index contributed by atoms with van der Waals surface area (Å²) in [4.78, 5) is 32.9. The van der Waals surface area contributed by atoms with Crippen molar-refractivity contribution in [1.29, 1.82) is 0 Å². The minimum Gasteiger partial charge on any atom is -0.481 e. The second kappa shape index (κ2) is 9.54. The Morgan fingerprint density at radius 2 is 1.84 bits per heavy atom. The predicted molar refractivity (Wildman–Crippen MR) is 112 cm³/mol. The third-order valence-electron chi connectivity index (χ3n) is 5.35. The van der Waals surface area contributed by atoms with E-state index in [0.717, 1.165) is 25.0 Å². The topological polar surface area (TPSA) is 145 Å². The van der Waals surface area contributed by atoms with E-state index < -0.39 is 5.97 Å². The van der Waals surface area contributed by atoms with Gasteiger partial charge >= 0.3 is 0 Å². The summed E-state index contributed by atoms with van der Waals surface area (Å²) < 4.78 is 3.63. The van der Waals surface area contributed by atoms with E-state index in [1.165, 1.54) is 12.8 Å². The van der Waals surface area contributed by atoms with Crippen LogP contribution in [0.25, 0.3) is 0 Å². The Kier molecular flexibility index (Phi) is 7.04. The lowest BCUT2D eigenvalue weighted by molar-refractivity contribution is -0.134. The number of hydrogen-bond donors (Lipinski definition) is 2. The first-order valence-corrected chi connectivity index (χ1v) is 10.7. The number of nitrogens with two attached hydrogens (primary N) is 1. The third-order valence-corrected chi connectivity index (χ3v) is 5.35. The number of hydrogen-bond acceptors (Lipinski definition) is 7. The molecule has 0 bridgehead atoms. The van der Waals surface area contributed by atoms with Crippen LogP contribution in [0.5, 0.6) is 0 Å². The summed E-state index contributed by atoms with van der Waals surface area (Å²) >= 11 is 0. The molecule has 0 unspecified atom stereocenters. The molecule has 1 aliphatic carbocycles. The summed E-state index contributed by atoms with van der Waals surface area (Å²) in [5.41, 5.74) is 6.25. The van der Waals surface area contributed by atoms with Crippen LogP contribution in [0, 0.1) is 12.8 Å². The fourth-order valence-electron chi connectivity index (χ4n) is 3.44. The number of aryl methyl sites for hydroxylation is 1. The highest BCUT2D eigenvalue weighted by atomic mass is 16.4. The van der Waals surface area contributed by atoms with E-state index in [1.54, 1.807) is 4.68 Å². The highest BCUT2D eigenvalue weighted by molar-refractivity contribution is 5.76. The number of carbonyl (C=O) groups is 2. The van der Waals surface area contributed by atoms with Crippen LogP contribution in [0.2, 0.25) is 0 Å². The van der Waals surface area contributed by atoms with Gasteiger partial charge < -0.3 is 15.7 Å². The van der Waals surface area contributed by atoms with Crippen molar-refractivity contribution in [3.8, 4) is 0 Å². The number of fused-ring (bicyclic) bond motifs is 1. The smallest absolute Gasteiger partial charge is 0.300 e. The Bertz CT molecular complexity index is 902. The Balaban J connectivity index is 0.000000628. The molecule has 0 saturated heterocycles. The van der Waals surface area contributed by atoms with Crippen LogP contribution < -0.4 is 5.73 Å². The highest BCUT2D eigenvalue weighted by Gasteiger charge is 2.30. The number of carboxylic acids is 1. The molecule has 3 N–H and O–H groups in total. The van der Waals surface area contributed by atoms with Crippen LogP contribution >= 0.6 is 0 Å². The van der Waals surface area contributed by atoms with Crippen molar-refractivity contribution in [2.24, 2.45) is 11.7 Å². The molecule has 11 nitrogen and oxygen atoms in total. The largest absolute Gasteiger partial charge is 0.481 e. The van der Waals surface area contributed by atoms with Gasteiger partial charge in [-0.15, -0.1) is 0 Å². The Labute approximate surface area is 181 Å². The second-order valence-electron chi connectivity index (χ2n) is 8.48. The molecule has 2 aromatic heterocycles. The van der Waals surface area contributed by atoms with Gasteiger partial charge in [-0.25, -0.2) is 19.3 Å². The van der Waals surface area contributed by atoms with E-state index in [4.69, 9.17) is 15.6 Å². The molecule has 4 rings (SSSR count). The molecule has 1 atom stereocenters. The van der Waals surface area contributed by atoms with Gasteiger partial charge in [0, 0.05) is 32.4 Å². The lowest BCUT2D eigenvalue weighted by Gasteiger charge is -2.21. The quantitative estimate of drug-likeness (QED) is 0.708. The van der Waals surface area contributed by atoms with Crippen molar-refractivity contribution in [2.45, 2.75) is 72.0 Å². The monoisotopic (exact) mass is 432 g/mol. The first-order valence-electron chi connectivity index (χ1n) is 10.7. The molecule has 31 heavy (non-hydrogen) atoms. The molecule has 1 amide bonds.